The maximum atomic E-state index is 12.5. The molecule has 338 valence electrons. The summed E-state index contributed by atoms with van der Waals surface area (Å²) in [4.78, 5) is 58.6. The number of hydrogen-bond acceptors (Lipinski definition) is 9. The van der Waals surface area contributed by atoms with Crippen LogP contribution in [0, 0.1) is 19.1 Å². The van der Waals surface area contributed by atoms with E-state index in [9.17, 15) is 19.2 Å². The minimum atomic E-state index is -0.708. The van der Waals surface area contributed by atoms with Crippen LogP contribution in [0.1, 0.15) is 90.0 Å². The molecule has 0 aromatic heterocycles. The van der Waals surface area contributed by atoms with Crippen LogP contribution in [0.2, 0.25) is 0 Å². The van der Waals surface area contributed by atoms with Gasteiger partial charge in [-0.2, -0.15) is 9.90 Å². The van der Waals surface area contributed by atoms with Crippen LogP contribution in [0.3, 0.4) is 0 Å². The molecular weight excluding hydrogens is 814 g/mol. The molecule has 3 N–H and O–H groups in total. The quantitative estimate of drug-likeness (QED) is 0.0394. The van der Waals surface area contributed by atoms with Gasteiger partial charge in [0.15, 0.2) is 11.4 Å². The van der Waals surface area contributed by atoms with Crippen LogP contribution in [0.4, 0.5) is 11.4 Å². The third kappa shape index (κ3) is 21.0. The first-order valence-corrected chi connectivity index (χ1v) is 20.2. The van der Waals surface area contributed by atoms with Crippen molar-refractivity contribution in [2.75, 3.05) is 26.4 Å². The summed E-state index contributed by atoms with van der Waals surface area (Å²) in [5.41, 5.74) is 11.2. The number of carbonyl (C=O) groups excluding carboxylic acids is 4. The van der Waals surface area contributed by atoms with Crippen LogP contribution in [-0.4, -0.2) is 68.0 Å². The normalized spacial score (nSPS) is 12.2. The molecule has 1 aliphatic carbocycles. The average molecular weight is 880 g/mol. The number of esters is 3. The maximum Gasteiger partial charge on any atom is 0.328 e. The largest absolute Gasteiger partial charge is 0.465 e. The van der Waals surface area contributed by atoms with Crippen LogP contribution >= 0.6 is 9.90 Å². The Kier molecular flexibility index (Phi) is 29.3. The molecule has 63 heavy (non-hydrogen) atoms. The van der Waals surface area contributed by atoms with E-state index < -0.39 is 24.0 Å². The molecular formula is C50H66N5O7P. The van der Waals surface area contributed by atoms with E-state index in [1.165, 1.54) is 6.42 Å². The van der Waals surface area contributed by atoms with Gasteiger partial charge in [-0.25, -0.2) is 14.5 Å². The second-order valence-corrected chi connectivity index (χ2v) is 13.7. The van der Waals surface area contributed by atoms with Gasteiger partial charge in [0.2, 0.25) is 5.91 Å². The summed E-state index contributed by atoms with van der Waals surface area (Å²) in [6.45, 7) is 20.2. The lowest BCUT2D eigenvalue weighted by Crippen LogP contribution is -2.46. The number of nitrogens with zero attached hydrogens (tertiary/aromatic N) is 3. The number of aliphatic imine (C=N–C) groups is 1. The summed E-state index contributed by atoms with van der Waals surface area (Å²) < 4.78 is 14.8. The lowest BCUT2D eigenvalue weighted by molar-refractivity contribution is -0.148. The standard InChI is InChI=1S/C19H24N2O3.C17H17NO2.C12H14N2O2.2CH4.H3P/c1-3-24-19(23)17(13-14-8-7-11-16(12-14)20-2)21-18(22)15-9-5-4-6-10-15;1-2-20-16(19)13-18-17(14-9-5-3-6-10-14)15-11-7-4-8-12-15;1-3-16-12(15)11(13)8-9-5-4-6-10(7-9)14-2;;;/h7-8,11-12,15,17H,3-6,9-10,13H2,1H3,(H,21,22);3-12H,2,13H2,1H3;4-7,11H,3,8,13H2,1H3;2*1H4;1H3. The highest BCUT2D eigenvalue weighted by molar-refractivity contribution is 6.92. The van der Waals surface area contributed by atoms with Gasteiger partial charge in [0.1, 0.15) is 18.6 Å². The van der Waals surface area contributed by atoms with Gasteiger partial charge >= 0.3 is 17.9 Å². The van der Waals surface area contributed by atoms with Crippen molar-refractivity contribution in [1.29, 1.82) is 0 Å². The molecule has 1 amide bonds. The first kappa shape index (κ1) is 56.8. The number of benzene rings is 4. The molecule has 3 atom stereocenters. The predicted molar refractivity (Wildman–Crippen MR) is 257 cm³/mol. The van der Waals surface area contributed by atoms with Crippen molar-refractivity contribution < 1.29 is 33.4 Å². The summed E-state index contributed by atoms with van der Waals surface area (Å²) in [6, 6.07) is 32.5. The number of rotatable bonds is 15. The Balaban J connectivity index is 0.000000911. The molecule has 5 rings (SSSR count). The number of nitrogens with two attached hydrogens (primary N) is 1. The molecule has 0 saturated heterocycles. The van der Waals surface area contributed by atoms with E-state index in [0.717, 1.165) is 53.6 Å². The topological polar surface area (TPSA) is 155 Å². The molecule has 13 heteroatoms. The van der Waals surface area contributed by atoms with Crippen molar-refractivity contribution >= 4 is 50.8 Å². The number of carbonyl (C=O) groups is 4. The molecule has 4 aromatic rings. The molecule has 0 heterocycles. The third-order valence-corrected chi connectivity index (χ3v) is 9.19. The van der Waals surface area contributed by atoms with Crippen LogP contribution in [0.25, 0.3) is 9.69 Å². The molecule has 1 saturated carbocycles. The van der Waals surface area contributed by atoms with Gasteiger partial charge in [0.05, 0.1) is 38.7 Å². The fourth-order valence-corrected chi connectivity index (χ4v) is 6.31. The smallest absolute Gasteiger partial charge is 0.328 e. The third-order valence-electron chi connectivity index (χ3n) is 9.19. The zero-order valence-electron chi connectivity index (χ0n) is 35.4. The molecule has 1 aliphatic rings. The van der Waals surface area contributed by atoms with Crippen molar-refractivity contribution in [3.05, 3.63) is 154 Å². The lowest BCUT2D eigenvalue weighted by atomic mass is 9.88. The second kappa shape index (κ2) is 32.5. The summed E-state index contributed by atoms with van der Waals surface area (Å²) >= 11 is 0. The van der Waals surface area contributed by atoms with E-state index >= 15 is 0 Å². The summed E-state index contributed by atoms with van der Waals surface area (Å²) in [6.07, 6.45) is 5.80. The van der Waals surface area contributed by atoms with Crippen molar-refractivity contribution in [2.24, 2.45) is 16.6 Å². The highest BCUT2D eigenvalue weighted by Crippen LogP contribution is 2.24. The van der Waals surface area contributed by atoms with Gasteiger partial charge in [-0.05, 0) is 40.0 Å². The Bertz CT molecular complexity index is 2040. The van der Waals surface area contributed by atoms with Gasteiger partial charge in [0.25, 0.3) is 0 Å². The Morgan fingerprint density at radius 3 is 1.63 bits per heavy atom. The van der Waals surface area contributed by atoms with Crippen molar-refractivity contribution in [3.63, 3.8) is 0 Å². The molecule has 4 aromatic carbocycles. The van der Waals surface area contributed by atoms with Gasteiger partial charge in [-0.1, -0.05) is 154 Å². The molecule has 3 unspecified atom stereocenters. The average Bonchev–Trinajstić information content (AvgIpc) is 3.28. The molecule has 0 bridgehead atoms. The van der Waals surface area contributed by atoms with Crippen LogP contribution in [0.15, 0.2) is 114 Å². The van der Waals surface area contributed by atoms with Crippen LogP contribution in [-0.2, 0) is 46.2 Å². The number of ether oxygens (including phenoxy) is 3. The number of nitrogens with one attached hydrogen (secondary N) is 1. The maximum absolute atomic E-state index is 12.5. The Morgan fingerprint density at radius 2 is 1.16 bits per heavy atom. The fraction of sp³-hybridized carbons (Fsp3) is 0.380. The van der Waals surface area contributed by atoms with Crippen molar-refractivity contribution in [3.8, 4) is 0 Å². The highest BCUT2D eigenvalue weighted by atomic mass is 31.0. The molecule has 12 nitrogen and oxygen atoms in total. The highest BCUT2D eigenvalue weighted by Gasteiger charge is 2.27. The van der Waals surface area contributed by atoms with Gasteiger partial charge < -0.3 is 25.3 Å². The van der Waals surface area contributed by atoms with Gasteiger partial charge in [-0.3, -0.25) is 19.4 Å². The summed E-state index contributed by atoms with van der Waals surface area (Å²) in [5, 5.41) is 2.87. The summed E-state index contributed by atoms with van der Waals surface area (Å²) in [5.74, 6) is -1.21. The number of amides is 1. The van der Waals surface area contributed by atoms with E-state index in [4.69, 9.17) is 33.1 Å². The molecule has 0 radical (unpaired) electrons. The van der Waals surface area contributed by atoms with E-state index in [0.29, 0.717) is 37.4 Å². The Labute approximate surface area is 378 Å². The zero-order valence-corrected chi connectivity index (χ0v) is 36.8. The molecule has 0 aliphatic heterocycles. The lowest BCUT2D eigenvalue weighted by Gasteiger charge is -2.24. The Hall–Kier alpha value is -6.20. The SMILES string of the molecule is C.C.CCOC(=O)CN=C(c1ccccc1)c1ccccc1.P.[C-]#[N+]c1cccc(CC(N)C(=O)OCC)c1.[C-]#[N+]c1cccc(CC(NC(=O)C2CCCCC2)C(=O)OCC)c1. The van der Waals surface area contributed by atoms with Gasteiger partial charge in [0, 0.05) is 23.5 Å². The first-order chi connectivity index (χ1) is 29.1. The van der Waals surface area contributed by atoms with E-state index in [-0.39, 0.29) is 55.7 Å². The zero-order chi connectivity index (χ0) is 43.5. The minimum Gasteiger partial charge on any atom is -0.465 e. The molecule has 0 spiro atoms. The second-order valence-electron chi connectivity index (χ2n) is 13.7. The monoisotopic (exact) mass is 879 g/mol. The van der Waals surface area contributed by atoms with Crippen molar-refractivity contribution in [2.45, 2.75) is 92.7 Å². The van der Waals surface area contributed by atoms with E-state index in [2.05, 4.69) is 20.0 Å². The van der Waals surface area contributed by atoms with Crippen molar-refractivity contribution in [1.82, 2.24) is 5.32 Å². The summed E-state index contributed by atoms with van der Waals surface area (Å²) in [7, 11) is 0. The minimum absolute atomic E-state index is 0. The van der Waals surface area contributed by atoms with E-state index in [1.807, 2.05) is 72.8 Å². The van der Waals surface area contributed by atoms with Gasteiger partial charge in [-0.15, -0.1) is 0 Å². The first-order valence-electron chi connectivity index (χ1n) is 20.2. The van der Waals surface area contributed by atoms with E-state index in [1.54, 1.807) is 57.2 Å². The van der Waals surface area contributed by atoms with Crippen LogP contribution in [0.5, 0.6) is 0 Å². The number of hydrogen-bond donors (Lipinski definition) is 2. The van der Waals surface area contributed by atoms with Crippen LogP contribution < -0.4 is 11.1 Å². The Morgan fingerprint density at radius 1 is 0.683 bits per heavy atom. The predicted octanol–water partition coefficient (Wildman–Crippen LogP) is 9.50. The molecule has 1 fully saturated rings. The fourth-order valence-electron chi connectivity index (χ4n) is 6.31.